The largest absolute Gasteiger partial charge is 0.480 e. The van der Waals surface area contributed by atoms with Crippen molar-refractivity contribution >= 4 is 17.8 Å². The number of likely N-dealkylation sites (tertiary alicyclic amines) is 1. The van der Waals surface area contributed by atoms with Crippen molar-refractivity contribution in [1.29, 1.82) is 0 Å². The summed E-state index contributed by atoms with van der Waals surface area (Å²) in [5.74, 6) is -2.47. The zero-order valence-electron chi connectivity index (χ0n) is 17.3. The van der Waals surface area contributed by atoms with Crippen LogP contribution in [0.5, 0.6) is 0 Å². The number of carbonyl (C=O) groups excluding carboxylic acids is 1. The molecule has 3 atom stereocenters. The SMILES string of the molecule is O=C(O)CN1C(=O)[C@@H](N[C@@H](CCc2ccccc2)C(=O)O)CCC[C@@H]1c1ccccc1. The highest BCUT2D eigenvalue weighted by molar-refractivity contribution is 5.87. The van der Waals surface area contributed by atoms with E-state index < -0.39 is 30.6 Å². The minimum atomic E-state index is -1.09. The molecule has 7 heteroatoms. The Kier molecular flexibility index (Phi) is 7.78. The lowest BCUT2D eigenvalue weighted by molar-refractivity contribution is -0.148. The van der Waals surface area contributed by atoms with E-state index >= 15 is 0 Å². The van der Waals surface area contributed by atoms with E-state index in [9.17, 15) is 24.6 Å². The maximum absolute atomic E-state index is 13.3. The summed E-state index contributed by atoms with van der Waals surface area (Å²) in [7, 11) is 0. The van der Waals surface area contributed by atoms with Gasteiger partial charge in [0.15, 0.2) is 0 Å². The third kappa shape index (κ3) is 6.15. The van der Waals surface area contributed by atoms with Crippen molar-refractivity contribution in [1.82, 2.24) is 10.2 Å². The Bertz CT molecular complexity index is 887. The summed E-state index contributed by atoms with van der Waals surface area (Å²) in [6.45, 7) is -0.418. The molecule has 0 aromatic heterocycles. The monoisotopic (exact) mass is 424 g/mol. The van der Waals surface area contributed by atoms with Crippen LogP contribution in [0, 0.1) is 0 Å². The molecule has 0 bridgehead atoms. The van der Waals surface area contributed by atoms with Gasteiger partial charge in [-0.15, -0.1) is 0 Å². The number of amides is 1. The number of carboxylic acids is 2. The van der Waals surface area contributed by atoms with Gasteiger partial charge in [0.05, 0.1) is 12.1 Å². The van der Waals surface area contributed by atoms with Crippen molar-refractivity contribution in [2.75, 3.05) is 6.54 Å². The van der Waals surface area contributed by atoms with Crippen LogP contribution < -0.4 is 5.32 Å². The van der Waals surface area contributed by atoms with E-state index in [1.54, 1.807) is 0 Å². The molecule has 1 heterocycles. The molecule has 1 fully saturated rings. The van der Waals surface area contributed by atoms with Gasteiger partial charge in [-0.05, 0) is 43.2 Å². The number of nitrogens with one attached hydrogen (secondary N) is 1. The zero-order chi connectivity index (χ0) is 22.2. The first-order chi connectivity index (χ1) is 15.0. The summed E-state index contributed by atoms with van der Waals surface area (Å²) in [5.41, 5.74) is 1.91. The molecule has 31 heavy (non-hydrogen) atoms. The first kappa shape index (κ1) is 22.5. The van der Waals surface area contributed by atoms with E-state index in [2.05, 4.69) is 5.32 Å². The Labute approximate surface area is 181 Å². The molecule has 1 amide bonds. The summed E-state index contributed by atoms with van der Waals surface area (Å²) < 4.78 is 0. The smallest absolute Gasteiger partial charge is 0.323 e. The second kappa shape index (κ2) is 10.7. The maximum Gasteiger partial charge on any atom is 0.323 e. The fraction of sp³-hybridized carbons (Fsp3) is 0.375. The number of nitrogens with zero attached hydrogens (tertiary/aromatic N) is 1. The Morgan fingerprint density at radius 3 is 2.26 bits per heavy atom. The normalized spacial score (nSPS) is 20.1. The molecule has 0 spiro atoms. The Hall–Kier alpha value is -3.19. The molecule has 7 nitrogen and oxygen atoms in total. The number of aryl methyl sites for hydroxylation is 1. The van der Waals surface area contributed by atoms with Gasteiger partial charge >= 0.3 is 11.9 Å². The summed E-state index contributed by atoms with van der Waals surface area (Å²) in [6, 6.07) is 17.0. The standard InChI is InChI=1S/C24H28N2O5/c27-22(28)16-26-21(18-10-5-2-6-11-18)13-7-12-19(23(26)29)25-20(24(30)31)15-14-17-8-3-1-4-9-17/h1-6,8-11,19-21,25H,7,12-16H2,(H,27,28)(H,30,31)/t19-,20-,21+/m0/s1. The van der Waals surface area contributed by atoms with Crippen molar-refractivity contribution in [2.24, 2.45) is 0 Å². The van der Waals surface area contributed by atoms with Crippen molar-refractivity contribution in [2.45, 2.75) is 50.2 Å². The molecule has 0 saturated carbocycles. The van der Waals surface area contributed by atoms with Crippen LogP contribution >= 0.6 is 0 Å². The summed E-state index contributed by atoms with van der Waals surface area (Å²) in [4.78, 5) is 38.0. The number of aliphatic carboxylic acids is 2. The number of hydrogen-bond donors (Lipinski definition) is 3. The lowest BCUT2D eigenvalue weighted by Crippen LogP contribution is -2.52. The van der Waals surface area contributed by atoms with Gasteiger partial charge in [0.25, 0.3) is 0 Å². The fourth-order valence-electron chi connectivity index (χ4n) is 4.14. The van der Waals surface area contributed by atoms with E-state index in [4.69, 9.17) is 0 Å². The fourth-order valence-corrected chi connectivity index (χ4v) is 4.14. The minimum absolute atomic E-state index is 0.337. The van der Waals surface area contributed by atoms with Crippen LogP contribution in [-0.4, -0.2) is 51.6 Å². The quantitative estimate of drug-likeness (QED) is 0.571. The molecule has 1 saturated heterocycles. The number of carboxylic acid groups (broad SMARTS) is 2. The van der Waals surface area contributed by atoms with Gasteiger partial charge in [-0.2, -0.15) is 0 Å². The van der Waals surface area contributed by atoms with Crippen molar-refractivity contribution < 1.29 is 24.6 Å². The van der Waals surface area contributed by atoms with Gasteiger partial charge < -0.3 is 15.1 Å². The third-order valence-corrected chi connectivity index (χ3v) is 5.68. The van der Waals surface area contributed by atoms with Crippen molar-refractivity contribution in [3.63, 3.8) is 0 Å². The molecule has 1 aliphatic rings. The van der Waals surface area contributed by atoms with E-state index in [-0.39, 0.29) is 11.9 Å². The van der Waals surface area contributed by atoms with Crippen LogP contribution in [0.25, 0.3) is 0 Å². The topological polar surface area (TPSA) is 107 Å². The van der Waals surface area contributed by atoms with Gasteiger partial charge in [-0.1, -0.05) is 60.7 Å². The molecule has 3 rings (SSSR count). The number of rotatable bonds is 9. The first-order valence-electron chi connectivity index (χ1n) is 10.6. The molecular weight excluding hydrogens is 396 g/mol. The molecule has 2 aromatic carbocycles. The Morgan fingerprint density at radius 1 is 1.00 bits per heavy atom. The molecule has 2 aromatic rings. The molecule has 164 valence electrons. The van der Waals surface area contributed by atoms with Gasteiger partial charge in [0.1, 0.15) is 12.6 Å². The van der Waals surface area contributed by atoms with Crippen molar-refractivity contribution in [3.8, 4) is 0 Å². The highest BCUT2D eigenvalue weighted by atomic mass is 16.4. The molecular formula is C24H28N2O5. The Balaban J connectivity index is 1.75. The van der Waals surface area contributed by atoms with Gasteiger partial charge in [-0.25, -0.2) is 0 Å². The first-order valence-corrected chi connectivity index (χ1v) is 10.6. The molecule has 0 unspecified atom stereocenters. The number of benzene rings is 2. The highest BCUT2D eigenvalue weighted by Crippen LogP contribution is 2.31. The van der Waals surface area contributed by atoms with E-state index in [1.165, 1.54) is 4.90 Å². The number of carbonyl (C=O) groups is 3. The predicted octanol–water partition coefficient (Wildman–Crippen LogP) is 2.87. The van der Waals surface area contributed by atoms with Gasteiger partial charge in [0, 0.05) is 0 Å². The van der Waals surface area contributed by atoms with E-state index in [1.807, 2.05) is 60.7 Å². The maximum atomic E-state index is 13.3. The Morgan fingerprint density at radius 2 is 1.65 bits per heavy atom. The van der Waals surface area contributed by atoms with Crippen molar-refractivity contribution in [3.05, 3.63) is 71.8 Å². The van der Waals surface area contributed by atoms with Crippen LogP contribution in [0.3, 0.4) is 0 Å². The van der Waals surface area contributed by atoms with Crippen LogP contribution in [0.2, 0.25) is 0 Å². The zero-order valence-corrected chi connectivity index (χ0v) is 17.3. The minimum Gasteiger partial charge on any atom is -0.480 e. The third-order valence-electron chi connectivity index (χ3n) is 5.68. The summed E-state index contributed by atoms with van der Waals surface area (Å²) >= 11 is 0. The van der Waals surface area contributed by atoms with E-state index in [0.717, 1.165) is 11.1 Å². The summed E-state index contributed by atoms with van der Waals surface area (Å²) in [5, 5.41) is 22.1. The molecule has 0 aliphatic carbocycles. The molecule has 0 radical (unpaired) electrons. The summed E-state index contributed by atoms with van der Waals surface area (Å²) in [6.07, 6.45) is 2.68. The van der Waals surface area contributed by atoms with Crippen LogP contribution in [0.4, 0.5) is 0 Å². The second-order valence-electron chi connectivity index (χ2n) is 7.85. The molecule has 1 aliphatic heterocycles. The average molecular weight is 424 g/mol. The van der Waals surface area contributed by atoms with E-state index in [0.29, 0.717) is 32.1 Å². The van der Waals surface area contributed by atoms with Crippen LogP contribution in [0.15, 0.2) is 60.7 Å². The average Bonchev–Trinajstić information content (AvgIpc) is 2.91. The van der Waals surface area contributed by atoms with Crippen LogP contribution in [0.1, 0.15) is 42.9 Å². The number of hydrogen-bond acceptors (Lipinski definition) is 4. The highest BCUT2D eigenvalue weighted by Gasteiger charge is 2.36. The lowest BCUT2D eigenvalue weighted by atomic mass is 10.0. The molecule has 3 N–H and O–H groups in total. The van der Waals surface area contributed by atoms with Crippen LogP contribution in [-0.2, 0) is 20.8 Å². The lowest BCUT2D eigenvalue weighted by Gasteiger charge is -2.31. The van der Waals surface area contributed by atoms with Gasteiger partial charge in [-0.3, -0.25) is 19.7 Å². The predicted molar refractivity (Wildman–Crippen MR) is 115 cm³/mol. The second-order valence-corrected chi connectivity index (χ2v) is 7.85. The van der Waals surface area contributed by atoms with Gasteiger partial charge in [0.2, 0.25) is 5.91 Å².